The Kier molecular flexibility index (Phi) is 4.59. The first kappa shape index (κ1) is 15.1. The summed E-state index contributed by atoms with van der Waals surface area (Å²) in [6.07, 6.45) is 1.98. The smallest absolute Gasteiger partial charge is 0.325 e. The van der Waals surface area contributed by atoms with Crippen LogP contribution in [0.3, 0.4) is 0 Å². The molecule has 0 bridgehead atoms. The fraction of sp³-hybridized carbons (Fsp3) is 0.333. The molecule has 0 saturated carbocycles. The molecule has 0 aliphatic carbocycles. The van der Waals surface area contributed by atoms with Crippen LogP contribution in [0.25, 0.3) is 10.9 Å². The van der Waals surface area contributed by atoms with Crippen LogP contribution in [0.2, 0.25) is 0 Å². The number of rotatable bonds is 6. The molecule has 2 aromatic rings. The molecule has 0 amide bonds. The number of carbonyl (C=O) groups is 2. The van der Waals surface area contributed by atoms with E-state index >= 15 is 0 Å². The van der Waals surface area contributed by atoms with Crippen LogP contribution in [-0.2, 0) is 27.3 Å². The number of carboxylic acids is 1. The highest BCUT2D eigenvalue weighted by molar-refractivity contribution is 5.86. The molecular weight excluding hydrogens is 272 g/mol. The minimum absolute atomic E-state index is 0.0939. The first-order valence-corrected chi connectivity index (χ1v) is 6.73. The van der Waals surface area contributed by atoms with Crippen molar-refractivity contribution < 1.29 is 19.4 Å². The van der Waals surface area contributed by atoms with Gasteiger partial charge in [0.05, 0.1) is 6.61 Å². The molecule has 1 aromatic carbocycles. The lowest BCUT2D eigenvalue weighted by Gasteiger charge is -2.05. The zero-order valence-corrected chi connectivity index (χ0v) is 11.8. The minimum Gasteiger partial charge on any atom is -0.480 e. The van der Waals surface area contributed by atoms with Gasteiger partial charge in [-0.3, -0.25) is 9.59 Å². The topological polar surface area (TPSA) is 94.5 Å². The van der Waals surface area contributed by atoms with Crippen LogP contribution in [-0.4, -0.2) is 34.3 Å². The van der Waals surface area contributed by atoms with Crippen LogP contribution >= 0.6 is 0 Å². The largest absolute Gasteiger partial charge is 0.480 e. The summed E-state index contributed by atoms with van der Waals surface area (Å²) in [5, 5.41) is 9.83. The number of benzene rings is 1. The third kappa shape index (κ3) is 3.41. The Bertz CT molecular complexity index is 663. The van der Waals surface area contributed by atoms with Crippen molar-refractivity contribution in [3.63, 3.8) is 0 Å². The van der Waals surface area contributed by atoms with E-state index in [2.05, 4.69) is 0 Å². The van der Waals surface area contributed by atoms with Crippen molar-refractivity contribution in [1.82, 2.24) is 4.57 Å². The molecule has 0 saturated heterocycles. The molecule has 6 nitrogen and oxygen atoms in total. The first-order valence-electron chi connectivity index (χ1n) is 6.73. The van der Waals surface area contributed by atoms with Crippen molar-refractivity contribution in [3.8, 4) is 0 Å². The molecule has 1 aromatic heterocycles. The van der Waals surface area contributed by atoms with Gasteiger partial charge in [-0.15, -0.1) is 0 Å². The highest BCUT2D eigenvalue weighted by atomic mass is 16.5. The summed E-state index contributed by atoms with van der Waals surface area (Å²) in [7, 11) is 0. The summed E-state index contributed by atoms with van der Waals surface area (Å²) in [5.74, 6) is -1.37. The van der Waals surface area contributed by atoms with E-state index < -0.39 is 12.0 Å². The van der Waals surface area contributed by atoms with E-state index in [1.165, 1.54) is 0 Å². The second-order valence-corrected chi connectivity index (χ2v) is 4.75. The van der Waals surface area contributed by atoms with Gasteiger partial charge in [0.25, 0.3) is 0 Å². The van der Waals surface area contributed by atoms with E-state index in [0.29, 0.717) is 6.61 Å². The van der Waals surface area contributed by atoms with E-state index in [0.717, 1.165) is 16.5 Å². The lowest BCUT2D eigenvalue weighted by Crippen LogP contribution is -2.32. The van der Waals surface area contributed by atoms with Crippen LogP contribution in [0.15, 0.2) is 30.5 Å². The Hall–Kier alpha value is -2.34. The molecule has 0 aliphatic heterocycles. The third-order valence-electron chi connectivity index (χ3n) is 3.23. The maximum Gasteiger partial charge on any atom is 0.325 e. The van der Waals surface area contributed by atoms with Crippen molar-refractivity contribution in [2.45, 2.75) is 25.9 Å². The zero-order valence-electron chi connectivity index (χ0n) is 11.8. The van der Waals surface area contributed by atoms with Gasteiger partial charge in [-0.1, -0.05) is 18.2 Å². The SMILES string of the molecule is CCOC(=O)Cn1cc(CC(N)C(=O)O)c2ccccc21. The van der Waals surface area contributed by atoms with Gasteiger partial charge < -0.3 is 20.1 Å². The Morgan fingerprint density at radius 2 is 2.10 bits per heavy atom. The van der Waals surface area contributed by atoms with Crippen molar-refractivity contribution in [2.75, 3.05) is 6.61 Å². The van der Waals surface area contributed by atoms with Gasteiger partial charge >= 0.3 is 11.9 Å². The molecule has 1 atom stereocenters. The predicted octanol–water partition coefficient (Wildman–Crippen LogP) is 1.16. The molecule has 0 spiro atoms. The average molecular weight is 290 g/mol. The van der Waals surface area contributed by atoms with Gasteiger partial charge in [0.2, 0.25) is 0 Å². The first-order chi connectivity index (χ1) is 10.0. The van der Waals surface area contributed by atoms with Gasteiger partial charge in [0.15, 0.2) is 0 Å². The lowest BCUT2D eigenvalue weighted by molar-refractivity contribution is -0.143. The number of esters is 1. The second kappa shape index (κ2) is 6.41. The molecule has 6 heteroatoms. The number of hydrogen-bond donors (Lipinski definition) is 2. The normalized spacial score (nSPS) is 12.3. The van der Waals surface area contributed by atoms with E-state index in [4.69, 9.17) is 15.6 Å². The molecule has 21 heavy (non-hydrogen) atoms. The summed E-state index contributed by atoms with van der Waals surface area (Å²) in [4.78, 5) is 22.5. The van der Waals surface area contributed by atoms with Crippen LogP contribution < -0.4 is 5.73 Å². The van der Waals surface area contributed by atoms with E-state index in [1.807, 2.05) is 24.3 Å². The molecule has 1 heterocycles. The number of fused-ring (bicyclic) bond motifs is 1. The Labute approximate surface area is 122 Å². The molecular formula is C15H18N2O4. The quantitative estimate of drug-likeness (QED) is 0.778. The lowest BCUT2D eigenvalue weighted by atomic mass is 10.1. The number of nitrogens with two attached hydrogens (primary N) is 1. The molecule has 3 N–H and O–H groups in total. The van der Waals surface area contributed by atoms with E-state index in [9.17, 15) is 9.59 Å². The van der Waals surface area contributed by atoms with Gasteiger partial charge in [0.1, 0.15) is 12.6 Å². The maximum atomic E-state index is 11.6. The number of aromatic nitrogens is 1. The van der Waals surface area contributed by atoms with Crippen LogP contribution in [0.5, 0.6) is 0 Å². The highest BCUT2D eigenvalue weighted by Gasteiger charge is 2.17. The van der Waals surface area contributed by atoms with Crippen molar-refractivity contribution in [1.29, 1.82) is 0 Å². The number of carbonyl (C=O) groups excluding carboxylic acids is 1. The van der Waals surface area contributed by atoms with Gasteiger partial charge in [-0.05, 0) is 18.6 Å². The standard InChI is InChI=1S/C15H18N2O4/c1-2-21-14(18)9-17-8-10(7-12(16)15(19)20)11-5-3-4-6-13(11)17/h3-6,8,12H,2,7,9,16H2,1H3,(H,19,20). The number of hydrogen-bond acceptors (Lipinski definition) is 4. The van der Waals surface area contributed by atoms with Crippen LogP contribution in [0.4, 0.5) is 0 Å². The number of nitrogens with zero attached hydrogens (tertiary/aromatic N) is 1. The van der Waals surface area contributed by atoms with Crippen LogP contribution in [0.1, 0.15) is 12.5 Å². The summed E-state index contributed by atoms with van der Waals surface area (Å²) >= 11 is 0. The monoisotopic (exact) mass is 290 g/mol. The molecule has 0 radical (unpaired) electrons. The third-order valence-corrected chi connectivity index (χ3v) is 3.23. The zero-order chi connectivity index (χ0) is 15.4. The average Bonchev–Trinajstić information content (AvgIpc) is 2.77. The van der Waals surface area contributed by atoms with Crippen molar-refractivity contribution >= 4 is 22.8 Å². The van der Waals surface area contributed by atoms with E-state index in [-0.39, 0.29) is 18.9 Å². The second-order valence-electron chi connectivity index (χ2n) is 4.75. The Morgan fingerprint density at radius 3 is 2.76 bits per heavy atom. The molecule has 2 rings (SSSR count). The van der Waals surface area contributed by atoms with Crippen molar-refractivity contribution in [3.05, 3.63) is 36.0 Å². The Balaban J connectivity index is 2.34. The predicted molar refractivity (Wildman–Crippen MR) is 77.9 cm³/mol. The van der Waals surface area contributed by atoms with Gasteiger partial charge in [-0.2, -0.15) is 0 Å². The number of carboxylic acid groups (broad SMARTS) is 1. The molecule has 1 unspecified atom stereocenters. The van der Waals surface area contributed by atoms with Gasteiger partial charge in [0, 0.05) is 23.5 Å². The summed E-state index contributed by atoms with van der Waals surface area (Å²) in [6, 6.07) is 6.54. The fourth-order valence-electron chi connectivity index (χ4n) is 2.29. The van der Waals surface area contributed by atoms with Crippen LogP contribution in [0, 0.1) is 0 Å². The van der Waals surface area contributed by atoms with E-state index in [1.54, 1.807) is 17.7 Å². The molecule has 0 aliphatic rings. The number of para-hydroxylation sites is 1. The highest BCUT2D eigenvalue weighted by Crippen LogP contribution is 2.22. The van der Waals surface area contributed by atoms with Crippen molar-refractivity contribution in [2.24, 2.45) is 5.73 Å². The maximum absolute atomic E-state index is 11.6. The summed E-state index contributed by atoms with van der Waals surface area (Å²) in [5.41, 5.74) is 7.27. The molecule has 112 valence electrons. The fourth-order valence-corrected chi connectivity index (χ4v) is 2.29. The number of ether oxygens (including phenoxy) is 1. The molecule has 0 fully saturated rings. The summed E-state index contributed by atoms with van der Waals surface area (Å²) in [6.45, 7) is 2.18. The number of aliphatic carboxylic acids is 1. The Morgan fingerprint density at radius 1 is 1.38 bits per heavy atom. The summed E-state index contributed by atoms with van der Waals surface area (Å²) < 4.78 is 6.71. The minimum atomic E-state index is -1.04. The van der Waals surface area contributed by atoms with Gasteiger partial charge in [-0.25, -0.2) is 0 Å².